The van der Waals surface area contributed by atoms with E-state index in [1.807, 2.05) is 48.5 Å². The molecule has 0 fully saturated rings. The summed E-state index contributed by atoms with van der Waals surface area (Å²) in [6.45, 7) is -0.683. The number of ether oxygens (including phenoxy) is 1. The third kappa shape index (κ3) is 2.96. The van der Waals surface area contributed by atoms with Crippen LogP contribution in [-0.2, 0) is 9.53 Å². The maximum absolute atomic E-state index is 11.8. The molecule has 0 radical (unpaired) electrons. The van der Waals surface area contributed by atoms with Gasteiger partial charge >= 0.3 is 6.09 Å². The number of amides is 1. The van der Waals surface area contributed by atoms with Crippen molar-refractivity contribution >= 4 is 12.1 Å². The Hall–Kier alpha value is -2.86. The number of fused-ring (bicyclic) bond motifs is 3. The largest absolute Gasteiger partial charge is 0.548 e. The average Bonchev–Trinajstić information content (AvgIpc) is 2.91. The highest BCUT2D eigenvalue weighted by Crippen LogP contribution is 2.44. The molecule has 1 aliphatic carbocycles. The van der Waals surface area contributed by atoms with E-state index in [1.54, 1.807) is 0 Å². The second-order valence-corrected chi connectivity index (χ2v) is 5.52. The molecule has 24 heavy (non-hydrogen) atoms. The smallest absolute Gasteiger partial charge is 0.407 e. The molecule has 2 aromatic carbocycles. The second-order valence-electron chi connectivity index (χ2n) is 5.52. The summed E-state index contributed by atoms with van der Waals surface area (Å²) >= 11 is 0. The summed E-state index contributed by atoms with van der Waals surface area (Å²) in [5, 5.41) is 21.7. The summed E-state index contributed by atoms with van der Waals surface area (Å²) in [5.41, 5.74) is 4.32. The van der Waals surface area contributed by atoms with Gasteiger partial charge in [-0.3, -0.25) is 0 Å². The number of aliphatic hydroxyl groups is 1. The molecule has 1 aliphatic rings. The molecular formula is C18H16NO5-. The Morgan fingerprint density at radius 1 is 1.08 bits per heavy atom. The van der Waals surface area contributed by atoms with Crippen LogP contribution in [0, 0.1) is 0 Å². The van der Waals surface area contributed by atoms with Crippen LogP contribution in [0.1, 0.15) is 17.0 Å². The molecule has 6 nitrogen and oxygen atoms in total. The summed E-state index contributed by atoms with van der Waals surface area (Å²) in [6, 6.07) is 14.3. The molecule has 0 saturated heterocycles. The molecule has 0 aliphatic heterocycles. The van der Waals surface area contributed by atoms with Crippen molar-refractivity contribution in [3.63, 3.8) is 0 Å². The molecule has 124 valence electrons. The number of nitrogens with one attached hydrogen (secondary N) is 1. The van der Waals surface area contributed by atoms with Crippen molar-refractivity contribution in [1.29, 1.82) is 0 Å². The Bertz CT molecular complexity index is 728. The number of carboxylic acid groups (broad SMARTS) is 1. The third-order valence-electron chi connectivity index (χ3n) is 4.10. The van der Waals surface area contributed by atoms with Crippen LogP contribution in [0.15, 0.2) is 48.5 Å². The Morgan fingerprint density at radius 3 is 2.12 bits per heavy atom. The maximum Gasteiger partial charge on any atom is 0.407 e. The Kier molecular flexibility index (Phi) is 4.48. The van der Waals surface area contributed by atoms with Gasteiger partial charge in [0.05, 0.1) is 18.6 Å². The fourth-order valence-electron chi connectivity index (χ4n) is 2.96. The quantitative estimate of drug-likeness (QED) is 0.840. The van der Waals surface area contributed by atoms with E-state index in [-0.39, 0.29) is 12.5 Å². The van der Waals surface area contributed by atoms with Gasteiger partial charge in [-0.15, -0.1) is 0 Å². The fourth-order valence-corrected chi connectivity index (χ4v) is 2.96. The van der Waals surface area contributed by atoms with E-state index in [0.29, 0.717) is 0 Å². The molecule has 1 amide bonds. The van der Waals surface area contributed by atoms with Crippen molar-refractivity contribution in [3.8, 4) is 11.1 Å². The van der Waals surface area contributed by atoms with E-state index >= 15 is 0 Å². The normalized spacial score (nSPS) is 13.7. The zero-order chi connectivity index (χ0) is 17.1. The lowest BCUT2D eigenvalue weighted by molar-refractivity contribution is -0.308. The van der Waals surface area contributed by atoms with Gasteiger partial charge in [-0.1, -0.05) is 48.5 Å². The number of carboxylic acids is 1. The third-order valence-corrected chi connectivity index (χ3v) is 4.10. The molecule has 0 heterocycles. The molecule has 3 rings (SSSR count). The van der Waals surface area contributed by atoms with Crippen molar-refractivity contribution in [2.45, 2.75) is 12.0 Å². The molecule has 6 heteroatoms. The summed E-state index contributed by atoms with van der Waals surface area (Å²) in [6.07, 6.45) is -0.903. The number of benzene rings is 2. The lowest BCUT2D eigenvalue weighted by Gasteiger charge is -2.18. The van der Waals surface area contributed by atoms with E-state index in [4.69, 9.17) is 9.84 Å². The number of alkyl carbamates (subject to hydrolysis) is 1. The minimum absolute atomic E-state index is 0.0745. The van der Waals surface area contributed by atoms with Crippen molar-refractivity contribution in [2.75, 3.05) is 13.2 Å². The van der Waals surface area contributed by atoms with Crippen molar-refractivity contribution in [1.82, 2.24) is 5.32 Å². The molecule has 2 N–H and O–H groups in total. The van der Waals surface area contributed by atoms with Gasteiger partial charge < -0.3 is 25.1 Å². The number of carbonyl (C=O) groups excluding carboxylic acids is 2. The highest BCUT2D eigenvalue weighted by Gasteiger charge is 2.29. The number of hydrogen-bond acceptors (Lipinski definition) is 5. The van der Waals surface area contributed by atoms with Crippen LogP contribution >= 0.6 is 0 Å². The average molecular weight is 326 g/mol. The second kappa shape index (κ2) is 6.72. The SMILES string of the molecule is O=C(N[C@@H](CO)C(=O)[O-])OCC1c2ccccc2-c2ccccc21. The van der Waals surface area contributed by atoms with Crippen LogP contribution in [0.25, 0.3) is 11.1 Å². The molecule has 0 bridgehead atoms. The lowest BCUT2D eigenvalue weighted by Crippen LogP contribution is -2.50. The number of carbonyl (C=O) groups is 2. The van der Waals surface area contributed by atoms with Gasteiger partial charge in [0.25, 0.3) is 0 Å². The van der Waals surface area contributed by atoms with Crippen LogP contribution in [0.4, 0.5) is 4.79 Å². The van der Waals surface area contributed by atoms with Crippen molar-refractivity contribution < 1.29 is 24.5 Å². The standard InChI is InChI=1S/C18H17NO5/c20-9-16(17(21)22)19-18(23)24-10-15-13-7-3-1-5-11(13)12-6-2-4-8-14(12)15/h1-8,15-16,20H,9-10H2,(H,19,23)(H,21,22)/p-1/t16-/m0/s1. The highest BCUT2D eigenvalue weighted by molar-refractivity contribution is 5.80. The van der Waals surface area contributed by atoms with Gasteiger partial charge in [-0.2, -0.15) is 0 Å². The molecule has 2 aromatic rings. The lowest BCUT2D eigenvalue weighted by atomic mass is 9.98. The van der Waals surface area contributed by atoms with Gasteiger partial charge in [0.1, 0.15) is 6.61 Å². The summed E-state index contributed by atoms with van der Waals surface area (Å²) in [7, 11) is 0. The minimum atomic E-state index is -1.56. The monoisotopic (exact) mass is 326 g/mol. The predicted molar refractivity (Wildman–Crippen MR) is 84.1 cm³/mol. The van der Waals surface area contributed by atoms with Gasteiger partial charge in [0.15, 0.2) is 0 Å². The Labute approximate surface area is 138 Å². The first-order valence-electron chi connectivity index (χ1n) is 7.55. The highest BCUT2D eigenvalue weighted by atomic mass is 16.5. The van der Waals surface area contributed by atoms with Gasteiger partial charge in [-0.05, 0) is 22.3 Å². The predicted octanol–water partition coefficient (Wildman–Crippen LogP) is 0.636. The van der Waals surface area contributed by atoms with Crippen molar-refractivity contribution in [3.05, 3.63) is 59.7 Å². The number of aliphatic hydroxyl groups excluding tert-OH is 1. The number of aliphatic carboxylic acids is 1. The van der Waals surface area contributed by atoms with E-state index in [9.17, 15) is 14.7 Å². The molecule has 0 spiro atoms. The topological polar surface area (TPSA) is 98.7 Å². The van der Waals surface area contributed by atoms with Crippen molar-refractivity contribution in [2.24, 2.45) is 0 Å². The summed E-state index contributed by atoms with van der Waals surface area (Å²) in [4.78, 5) is 22.5. The van der Waals surface area contributed by atoms with E-state index < -0.39 is 24.7 Å². The maximum atomic E-state index is 11.8. The van der Waals surface area contributed by atoms with Gasteiger partial charge in [0.2, 0.25) is 0 Å². The zero-order valence-electron chi connectivity index (χ0n) is 12.8. The van der Waals surface area contributed by atoms with Gasteiger partial charge in [-0.25, -0.2) is 4.79 Å². The summed E-state index contributed by atoms with van der Waals surface area (Å²) in [5.74, 6) is -1.68. The van der Waals surface area contributed by atoms with Gasteiger partial charge in [0, 0.05) is 5.92 Å². The molecule has 1 atom stereocenters. The van der Waals surface area contributed by atoms with E-state index in [0.717, 1.165) is 22.3 Å². The van der Waals surface area contributed by atoms with Crippen LogP contribution in [0.2, 0.25) is 0 Å². The number of hydrogen-bond donors (Lipinski definition) is 2. The van der Waals surface area contributed by atoms with E-state index in [1.165, 1.54) is 0 Å². The Morgan fingerprint density at radius 2 is 1.62 bits per heavy atom. The van der Waals surface area contributed by atoms with Crippen LogP contribution < -0.4 is 10.4 Å². The first-order valence-corrected chi connectivity index (χ1v) is 7.55. The number of rotatable bonds is 5. The molecular weight excluding hydrogens is 310 g/mol. The fraction of sp³-hybridized carbons (Fsp3) is 0.222. The first-order chi connectivity index (χ1) is 11.6. The zero-order valence-corrected chi connectivity index (χ0v) is 12.8. The van der Waals surface area contributed by atoms with Crippen LogP contribution in [0.3, 0.4) is 0 Å². The van der Waals surface area contributed by atoms with Crippen LogP contribution in [-0.4, -0.2) is 36.4 Å². The Balaban J connectivity index is 1.74. The van der Waals surface area contributed by atoms with Crippen LogP contribution in [0.5, 0.6) is 0 Å². The minimum Gasteiger partial charge on any atom is -0.548 e. The molecule has 0 aromatic heterocycles. The molecule has 0 saturated carbocycles. The molecule has 0 unspecified atom stereocenters. The first kappa shape index (κ1) is 16.0. The van der Waals surface area contributed by atoms with E-state index in [2.05, 4.69) is 5.32 Å². The summed E-state index contributed by atoms with van der Waals surface area (Å²) < 4.78 is 5.17.